The number of nitrogens with zero attached hydrogens (tertiary/aromatic N) is 2. The molecule has 29 heavy (non-hydrogen) atoms. The molecule has 0 spiro atoms. The molecule has 3 aromatic rings. The summed E-state index contributed by atoms with van der Waals surface area (Å²) >= 11 is 0. The third-order valence-corrected chi connectivity index (χ3v) is 5.19. The third kappa shape index (κ3) is 3.61. The number of carbonyl (C=O) groups is 1. The molecule has 0 saturated heterocycles. The average Bonchev–Trinajstić information content (AvgIpc) is 3.42. The second-order valence-electron chi connectivity index (χ2n) is 7.08. The van der Waals surface area contributed by atoms with E-state index in [0.717, 1.165) is 52.5 Å². The Morgan fingerprint density at radius 1 is 1.10 bits per heavy atom. The van der Waals surface area contributed by atoms with Crippen molar-refractivity contribution in [3.63, 3.8) is 0 Å². The monoisotopic (exact) mass is 388 g/mol. The number of imidazole rings is 1. The van der Waals surface area contributed by atoms with Crippen LogP contribution in [0.5, 0.6) is 17.2 Å². The van der Waals surface area contributed by atoms with E-state index in [1.165, 1.54) is 0 Å². The third-order valence-electron chi connectivity index (χ3n) is 5.19. The van der Waals surface area contributed by atoms with Gasteiger partial charge in [0.2, 0.25) is 6.79 Å². The minimum atomic E-state index is 0.0777. The SMILES string of the molecule is O=C1C(=Cc2ccc3c(c2)OCO3)CCc2cc(OCCn3ccnc3)ccc21. The molecule has 5 rings (SSSR count). The Morgan fingerprint density at radius 2 is 2.03 bits per heavy atom. The number of aromatic nitrogens is 2. The number of Topliss-reactive ketones (excluding diaryl/α,β-unsaturated/α-hetero) is 1. The van der Waals surface area contributed by atoms with Crippen molar-refractivity contribution in [2.24, 2.45) is 0 Å². The molecule has 0 unspecified atom stereocenters. The first kappa shape index (κ1) is 17.6. The zero-order valence-corrected chi connectivity index (χ0v) is 15.8. The lowest BCUT2D eigenvalue weighted by Gasteiger charge is -2.19. The largest absolute Gasteiger partial charge is 0.492 e. The molecule has 6 nitrogen and oxygen atoms in total. The number of ether oxygens (including phenoxy) is 3. The summed E-state index contributed by atoms with van der Waals surface area (Å²) in [5, 5.41) is 0. The van der Waals surface area contributed by atoms with Crippen molar-refractivity contribution in [3.05, 3.63) is 77.4 Å². The van der Waals surface area contributed by atoms with E-state index >= 15 is 0 Å². The maximum Gasteiger partial charge on any atom is 0.231 e. The van der Waals surface area contributed by atoms with Crippen molar-refractivity contribution in [2.45, 2.75) is 19.4 Å². The molecular weight excluding hydrogens is 368 g/mol. The van der Waals surface area contributed by atoms with E-state index in [1.807, 2.05) is 53.2 Å². The molecule has 2 heterocycles. The summed E-state index contributed by atoms with van der Waals surface area (Å²) in [5.74, 6) is 2.34. The van der Waals surface area contributed by atoms with Gasteiger partial charge in [-0.3, -0.25) is 4.79 Å². The Labute approximate surface area is 168 Å². The Balaban J connectivity index is 1.30. The normalized spacial score (nSPS) is 16.1. The lowest BCUT2D eigenvalue weighted by Crippen LogP contribution is -2.14. The van der Waals surface area contributed by atoms with Crippen LogP contribution < -0.4 is 14.2 Å². The zero-order valence-electron chi connectivity index (χ0n) is 15.8. The van der Waals surface area contributed by atoms with Crippen molar-refractivity contribution < 1.29 is 19.0 Å². The van der Waals surface area contributed by atoms with Crippen molar-refractivity contribution >= 4 is 11.9 Å². The second-order valence-corrected chi connectivity index (χ2v) is 7.08. The molecule has 2 aliphatic rings. The molecule has 0 radical (unpaired) electrons. The molecule has 1 aliphatic heterocycles. The number of hydrogen-bond donors (Lipinski definition) is 0. The minimum Gasteiger partial charge on any atom is -0.492 e. The predicted octanol–water partition coefficient (Wildman–Crippen LogP) is 3.90. The van der Waals surface area contributed by atoms with E-state index in [-0.39, 0.29) is 12.6 Å². The summed E-state index contributed by atoms with van der Waals surface area (Å²) in [6, 6.07) is 11.5. The fraction of sp³-hybridized carbons (Fsp3) is 0.217. The van der Waals surface area contributed by atoms with Crippen molar-refractivity contribution in [2.75, 3.05) is 13.4 Å². The minimum absolute atomic E-state index is 0.0777. The summed E-state index contributed by atoms with van der Waals surface area (Å²) < 4.78 is 18.6. The maximum atomic E-state index is 13.0. The number of benzene rings is 2. The summed E-state index contributed by atoms with van der Waals surface area (Å²) in [6.07, 6.45) is 8.89. The summed E-state index contributed by atoms with van der Waals surface area (Å²) in [4.78, 5) is 17.0. The topological polar surface area (TPSA) is 62.6 Å². The fourth-order valence-corrected chi connectivity index (χ4v) is 3.67. The Bertz CT molecular complexity index is 1090. The first-order valence-corrected chi connectivity index (χ1v) is 9.63. The van der Waals surface area contributed by atoms with Gasteiger partial charge in [-0.1, -0.05) is 6.07 Å². The van der Waals surface area contributed by atoms with E-state index in [4.69, 9.17) is 14.2 Å². The summed E-state index contributed by atoms with van der Waals surface area (Å²) in [7, 11) is 0. The van der Waals surface area contributed by atoms with E-state index in [1.54, 1.807) is 12.5 Å². The highest BCUT2D eigenvalue weighted by molar-refractivity contribution is 6.13. The molecule has 2 aromatic carbocycles. The van der Waals surface area contributed by atoms with Crippen LogP contribution in [0.25, 0.3) is 6.08 Å². The number of carbonyl (C=O) groups excluding carboxylic acids is 1. The lowest BCUT2D eigenvalue weighted by atomic mass is 9.86. The van der Waals surface area contributed by atoms with Crippen LogP contribution in [0.3, 0.4) is 0 Å². The molecule has 1 aliphatic carbocycles. The predicted molar refractivity (Wildman–Crippen MR) is 107 cm³/mol. The van der Waals surface area contributed by atoms with Crippen LogP contribution in [-0.4, -0.2) is 28.7 Å². The molecule has 6 heteroatoms. The first-order valence-electron chi connectivity index (χ1n) is 9.63. The van der Waals surface area contributed by atoms with Crippen LogP contribution in [0.4, 0.5) is 0 Å². The molecule has 0 amide bonds. The van der Waals surface area contributed by atoms with E-state index < -0.39 is 0 Å². The van der Waals surface area contributed by atoms with Gasteiger partial charge in [-0.15, -0.1) is 0 Å². The summed E-state index contributed by atoms with van der Waals surface area (Å²) in [6.45, 7) is 1.53. The Hall–Kier alpha value is -3.54. The highest BCUT2D eigenvalue weighted by Crippen LogP contribution is 2.34. The van der Waals surface area contributed by atoms with Gasteiger partial charge in [0.25, 0.3) is 0 Å². The van der Waals surface area contributed by atoms with Crippen LogP contribution in [0, 0.1) is 0 Å². The van der Waals surface area contributed by atoms with Gasteiger partial charge < -0.3 is 18.8 Å². The summed E-state index contributed by atoms with van der Waals surface area (Å²) in [5.41, 5.74) is 3.55. The van der Waals surface area contributed by atoms with Crippen molar-refractivity contribution in [3.8, 4) is 17.2 Å². The average molecular weight is 388 g/mol. The van der Waals surface area contributed by atoms with Gasteiger partial charge in [0.1, 0.15) is 12.4 Å². The van der Waals surface area contributed by atoms with Crippen LogP contribution in [0.15, 0.2) is 60.7 Å². The molecule has 0 saturated carbocycles. The van der Waals surface area contributed by atoms with Gasteiger partial charge in [-0.05, 0) is 60.4 Å². The van der Waals surface area contributed by atoms with Crippen LogP contribution in [-0.2, 0) is 13.0 Å². The van der Waals surface area contributed by atoms with Gasteiger partial charge in [0.05, 0.1) is 12.9 Å². The van der Waals surface area contributed by atoms with Crippen LogP contribution in [0.1, 0.15) is 27.9 Å². The number of rotatable bonds is 5. The zero-order chi connectivity index (χ0) is 19.6. The molecule has 0 N–H and O–H groups in total. The Kier molecular flexibility index (Phi) is 4.52. The number of ketones is 1. The lowest BCUT2D eigenvalue weighted by molar-refractivity contribution is 0.102. The second kappa shape index (κ2) is 7.47. The van der Waals surface area contributed by atoms with Crippen molar-refractivity contribution in [1.29, 1.82) is 0 Å². The van der Waals surface area contributed by atoms with Crippen LogP contribution in [0.2, 0.25) is 0 Å². The van der Waals surface area contributed by atoms with E-state index in [2.05, 4.69) is 4.98 Å². The quantitative estimate of drug-likeness (QED) is 0.621. The molecular formula is C23H20N2O4. The molecule has 146 valence electrons. The fourth-order valence-electron chi connectivity index (χ4n) is 3.67. The molecule has 1 aromatic heterocycles. The number of hydrogen-bond acceptors (Lipinski definition) is 5. The molecule has 0 fully saturated rings. The standard InChI is InChI=1S/C23H20N2O4/c26-23-18(11-16-1-6-21-22(12-16)29-15-28-21)3-2-17-13-19(4-5-20(17)23)27-10-9-25-8-7-24-14-25/h1,4-8,11-14H,2-3,9-10,15H2. The molecule has 0 atom stereocenters. The first-order chi connectivity index (χ1) is 14.3. The van der Waals surface area contributed by atoms with Gasteiger partial charge in [0.15, 0.2) is 17.3 Å². The van der Waals surface area contributed by atoms with Crippen molar-refractivity contribution in [1.82, 2.24) is 9.55 Å². The number of fused-ring (bicyclic) bond motifs is 2. The maximum absolute atomic E-state index is 13.0. The number of allylic oxidation sites excluding steroid dienone is 1. The van der Waals surface area contributed by atoms with Crippen LogP contribution >= 0.6 is 0 Å². The van der Waals surface area contributed by atoms with E-state index in [9.17, 15) is 4.79 Å². The van der Waals surface area contributed by atoms with Gasteiger partial charge in [-0.2, -0.15) is 0 Å². The van der Waals surface area contributed by atoms with Gasteiger partial charge in [0, 0.05) is 23.5 Å². The number of aryl methyl sites for hydroxylation is 1. The van der Waals surface area contributed by atoms with Gasteiger partial charge in [-0.25, -0.2) is 4.98 Å². The highest BCUT2D eigenvalue weighted by Gasteiger charge is 2.23. The Morgan fingerprint density at radius 3 is 2.93 bits per heavy atom. The highest BCUT2D eigenvalue weighted by atomic mass is 16.7. The smallest absolute Gasteiger partial charge is 0.231 e. The van der Waals surface area contributed by atoms with Gasteiger partial charge >= 0.3 is 0 Å². The molecule has 0 bridgehead atoms. The van der Waals surface area contributed by atoms with E-state index in [0.29, 0.717) is 13.0 Å².